The van der Waals surface area contributed by atoms with E-state index in [4.69, 9.17) is 9.47 Å². The molecule has 0 radical (unpaired) electrons. The van der Waals surface area contributed by atoms with Gasteiger partial charge in [-0.15, -0.1) is 0 Å². The fourth-order valence-electron chi connectivity index (χ4n) is 1.94. The van der Waals surface area contributed by atoms with Gasteiger partial charge in [0.1, 0.15) is 0 Å². The van der Waals surface area contributed by atoms with Crippen LogP contribution >= 0.6 is 0 Å². The van der Waals surface area contributed by atoms with Crippen molar-refractivity contribution in [2.24, 2.45) is 0 Å². The summed E-state index contributed by atoms with van der Waals surface area (Å²) in [6, 6.07) is 6.02. The summed E-state index contributed by atoms with van der Waals surface area (Å²) in [5.74, 6) is 1.65. The van der Waals surface area contributed by atoms with Crippen LogP contribution in [0.1, 0.15) is 18.9 Å². The van der Waals surface area contributed by atoms with E-state index in [1.54, 1.807) is 7.11 Å². The van der Waals surface area contributed by atoms with E-state index in [2.05, 4.69) is 30.4 Å². The average molecular weight is 266 g/mol. The van der Waals surface area contributed by atoms with E-state index in [0.717, 1.165) is 43.1 Å². The normalized spacial score (nSPS) is 10.8. The van der Waals surface area contributed by atoms with Gasteiger partial charge in [-0.2, -0.15) is 0 Å². The van der Waals surface area contributed by atoms with Gasteiger partial charge in [0.15, 0.2) is 11.5 Å². The van der Waals surface area contributed by atoms with Gasteiger partial charge in [0.25, 0.3) is 0 Å². The number of rotatable bonds is 9. The number of benzene rings is 1. The van der Waals surface area contributed by atoms with E-state index in [1.807, 2.05) is 19.1 Å². The minimum atomic E-state index is 0.649. The molecule has 0 fully saturated rings. The van der Waals surface area contributed by atoms with Crippen molar-refractivity contribution in [1.82, 2.24) is 10.2 Å². The fraction of sp³-hybridized carbons (Fsp3) is 0.600. The Hall–Kier alpha value is -1.26. The van der Waals surface area contributed by atoms with Crippen molar-refractivity contribution in [2.45, 2.75) is 19.9 Å². The Morgan fingerprint density at radius 3 is 2.68 bits per heavy atom. The molecular weight excluding hydrogens is 240 g/mol. The molecule has 1 aromatic rings. The SMILES string of the molecule is CCOc1cccc(CNCCCN(C)C)c1OC. The number of nitrogens with one attached hydrogen (secondary N) is 1. The first-order valence-electron chi connectivity index (χ1n) is 6.83. The summed E-state index contributed by atoms with van der Waals surface area (Å²) in [7, 11) is 5.87. The molecule has 1 rings (SSSR count). The summed E-state index contributed by atoms with van der Waals surface area (Å²) in [5, 5.41) is 3.44. The Morgan fingerprint density at radius 1 is 1.26 bits per heavy atom. The standard InChI is InChI=1S/C15H26N2O2/c1-5-19-14-9-6-8-13(15(14)18-4)12-16-10-7-11-17(2)3/h6,8-9,16H,5,7,10-12H2,1-4H3. The molecule has 0 aliphatic rings. The molecule has 0 amide bonds. The van der Waals surface area contributed by atoms with Crippen LogP contribution in [0.5, 0.6) is 11.5 Å². The molecule has 1 N–H and O–H groups in total. The maximum absolute atomic E-state index is 5.57. The van der Waals surface area contributed by atoms with Crippen LogP contribution < -0.4 is 14.8 Å². The van der Waals surface area contributed by atoms with E-state index in [-0.39, 0.29) is 0 Å². The Labute approximate surface area is 116 Å². The first-order valence-corrected chi connectivity index (χ1v) is 6.83. The monoisotopic (exact) mass is 266 g/mol. The molecule has 4 nitrogen and oxygen atoms in total. The van der Waals surface area contributed by atoms with E-state index in [1.165, 1.54) is 0 Å². The zero-order valence-corrected chi connectivity index (χ0v) is 12.5. The first-order chi connectivity index (χ1) is 9.19. The summed E-state index contributed by atoms with van der Waals surface area (Å²) in [6.07, 6.45) is 1.14. The summed E-state index contributed by atoms with van der Waals surface area (Å²) < 4.78 is 11.0. The highest BCUT2D eigenvalue weighted by molar-refractivity contribution is 5.46. The molecular formula is C15H26N2O2. The number of methoxy groups -OCH3 is 1. The Morgan fingerprint density at radius 2 is 2.05 bits per heavy atom. The molecule has 0 heterocycles. The topological polar surface area (TPSA) is 33.7 Å². The van der Waals surface area contributed by atoms with Crippen LogP contribution in [-0.4, -0.2) is 45.8 Å². The van der Waals surface area contributed by atoms with Crippen LogP contribution in [0, 0.1) is 0 Å². The largest absolute Gasteiger partial charge is 0.493 e. The Kier molecular flexibility index (Phi) is 7.30. The maximum Gasteiger partial charge on any atom is 0.165 e. The van der Waals surface area contributed by atoms with Gasteiger partial charge in [-0.1, -0.05) is 12.1 Å². The second-order valence-corrected chi connectivity index (χ2v) is 4.72. The molecule has 0 aliphatic carbocycles. The molecule has 0 aliphatic heterocycles. The smallest absolute Gasteiger partial charge is 0.165 e. The second-order valence-electron chi connectivity index (χ2n) is 4.72. The van der Waals surface area contributed by atoms with E-state index >= 15 is 0 Å². The van der Waals surface area contributed by atoms with Crippen LogP contribution in [0.25, 0.3) is 0 Å². The zero-order chi connectivity index (χ0) is 14.1. The summed E-state index contributed by atoms with van der Waals surface area (Å²) in [4.78, 5) is 2.19. The van der Waals surface area contributed by atoms with Crippen molar-refractivity contribution in [2.75, 3.05) is 40.9 Å². The maximum atomic E-state index is 5.57. The van der Waals surface area contributed by atoms with Crippen LogP contribution in [0.4, 0.5) is 0 Å². The molecule has 19 heavy (non-hydrogen) atoms. The van der Waals surface area contributed by atoms with Gasteiger partial charge in [0.05, 0.1) is 13.7 Å². The highest BCUT2D eigenvalue weighted by Crippen LogP contribution is 2.30. The van der Waals surface area contributed by atoms with Crippen LogP contribution in [0.15, 0.2) is 18.2 Å². The van der Waals surface area contributed by atoms with Gasteiger partial charge in [-0.05, 0) is 46.6 Å². The third-order valence-corrected chi connectivity index (χ3v) is 2.84. The molecule has 0 bridgehead atoms. The van der Waals surface area contributed by atoms with Gasteiger partial charge >= 0.3 is 0 Å². The predicted octanol–water partition coefficient (Wildman–Crippen LogP) is 2.14. The quantitative estimate of drug-likeness (QED) is 0.694. The molecule has 0 atom stereocenters. The zero-order valence-electron chi connectivity index (χ0n) is 12.5. The second kappa shape index (κ2) is 8.77. The van der Waals surface area contributed by atoms with Crippen molar-refractivity contribution in [3.05, 3.63) is 23.8 Å². The summed E-state index contributed by atoms with van der Waals surface area (Å²) in [5.41, 5.74) is 1.14. The van der Waals surface area contributed by atoms with Crippen molar-refractivity contribution in [1.29, 1.82) is 0 Å². The van der Waals surface area contributed by atoms with Crippen molar-refractivity contribution in [3.8, 4) is 11.5 Å². The Balaban J connectivity index is 2.50. The molecule has 0 saturated heterocycles. The van der Waals surface area contributed by atoms with Crippen LogP contribution in [-0.2, 0) is 6.54 Å². The summed E-state index contributed by atoms with van der Waals surface area (Å²) in [6.45, 7) is 5.53. The van der Waals surface area contributed by atoms with E-state index in [0.29, 0.717) is 6.61 Å². The first kappa shape index (κ1) is 15.8. The lowest BCUT2D eigenvalue weighted by atomic mass is 10.2. The molecule has 108 valence electrons. The minimum absolute atomic E-state index is 0.649. The van der Waals surface area contributed by atoms with Gasteiger partial charge in [0.2, 0.25) is 0 Å². The number of para-hydroxylation sites is 1. The molecule has 0 aromatic heterocycles. The highest BCUT2D eigenvalue weighted by atomic mass is 16.5. The van der Waals surface area contributed by atoms with Gasteiger partial charge < -0.3 is 19.7 Å². The number of ether oxygens (including phenoxy) is 2. The van der Waals surface area contributed by atoms with Crippen molar-refractivity contribution in [3.63, 3.8) is 0 Å². The van der Waals surface area contributed by atoms with Gasteiger partial charge in [0, 0.05) is 12.1 Å². The molecule has 0 unspecified atom stereocenters. The lowest BCUT2D eigenvalue weighted by Gasteiger charge is -2.14. The van der Waals surface area contributed by atoms with Crippen molar-refractivity contribution >= 4 is 0 Å². The van der Waals surface area contributed by atoms with Gasteiger partial charge in [-0.25, -0.2) is 0 Å². The van der Waals surface area contributed by atoms with E-state index in [9.17, 15) is 0 Å². The summed E-state index contributed by atoms with van der Waals surface area (Å²) >= 11 is 0. The number of hydrogen-bond acceptors (Lipinski definition) is 4. The fourth-order valence-corrected chi connectivity index (χ4v) is 1.94. The highest BCUT2D eigenvalue weighted by Gasteiger charge is 2.09. The van der Waals surface area contributed by atoms with Crippen LogP contribution in [0.3, 0.4) is 0 Å². The third-order valence-electron chi connectivity index (χ3n) is 2.84. The minimum Gasteiger partial charge on any atom is -0.493 e. The van der Waals surface area contributed by atoms with Crippen LogP contribution in [0.2, 0.25) is 0 Å². The molecule has 0 spiro atoms. The van der Waals surface area contributed by atoms with E-state index < -0.39 is 0 Å². The molecule has 0 saturated carbocycles. The Bertz CT molecular complexity index is 367. The lowest BCUT2D eigenvalue weighted by Crippen LogP contribution is -2.21. The lowest BCUT2D eigenvalue weighted by molar-refractivity contribution is 0.308. The number of nitrogens with zero attached hydrogens (tertiary/aromatic N) is 1. The number of hydrogen-bond donors (Lipinski definition) is 1. The molecule has 1 aromatic carbocycles. The van der Waals surface area contributed by atoms with Gasteiger partial charge in [-0.3, -0.25) is 0 Å². The van der Waals surface area contributed by atoms with Crippen molar-refractivity contribution < 1.29 is 9.47 Å². The third kappa shape index (κ3) is 5.49. The molecule has 4 heteroatoms. The average Bonchev–Trinajstić information content (AvgIpc) is 2.38. The predicted molar refractivity (Wildman–Crippen MR) is 79.0 cm³/mol.